The van der Waals surface area contributed by atoms with Crippen LogP contribution in [0.15, 0.2) is 24.3 Å². The zero-order valence-electron chi connectivity index (χ0n) is 12.4. The first kappa shape index (κ1) is 14.4. The lowest BCUT2D eigenvalue weighted by molar-refractivity contribution is 0.0910. The number of nitrogen functional groups attached to an aromatic ring is 1. The molecular weight excluding hydrogens is 280 g/mol. The summed E-state index contributed by atoms with van der Waals surface area (Å²) >= 11 is 1.49. The maximum Gasteiger partial charge on any atom is 0.263 e. The van der Waals surface area contributed by atoms with Crippen molar-refractivity contribution in [2.45, 2.75) is 45.1 Å². The molecule has 2 atom stereocenters. The van der Waals surface area contributed by atoms with Crippen LogP contribution in [0.5, 0.6) is 0 Å². The van der Waals surface area contributed by atoms with Gasteiger partial charge in [-0.25, -0.2) is 0 Å². The van der Waals surface area contributed by atoms with Crippen LogP contribution in [-0.4, -0.2) is 11.9 Å². The number of nitrogens with two attached hydrogens (primary N) is 1. The topological polar surface area (TPSA) is 55.1 Å². The van der Waals surface area contributed by atoms with E-state index in [-0.39, 0.29) is 5.91 Å². The second kappa shape index (κ2) is 6.06. The summed E-state index contributed by atoms with van der Waals surface area (Å²) in [6.07, 6.45) is 5.95. The Bertz CT molecular complexity index is 649. The number of anilines is 1. The van der Waals surface area contributed by atoms with Gasteiger partial charge >= 0.3 is 0 Å². The monoisotopic (exact) mass is 302 g/mol. The largest absolute Gasteiger partial charge is 0.397 e. The Hall–Kier alpha value is -1.55. The number of carbonyl (C=O) groups is 1. The van der Waals surface area contributed by atoms with Crippen LogP contribution in [-0.2, 0) is 0 Å². The van der Waals surface area contributed by atoms with Gasteiger partial charge in [0.1, 0.15) is 4.88 Å². The van der Waals surface area contributed by atoms with E-state index in [1.807, 2.05) is 24.3 Å². The minimum Gasteiger partial charge on any atom is -0.397 e. The molecule has 1 heterocycles. The third-order valence-electron chi connectivity index (χ3n) is 4.59. The Morgan fingerprint density at radius 2 is 2.10 bits per heavy atom. The van der Waals surface area contributed by atoms with Crippen molar-refractivity contribution in [3.8, 4) is 0 Å². The van der Waals surface area contributed by atoms with Crippen molar-refractivity contribution in [1.82, 2.24) is 5.32 Å². The molecule has 21 heavy (non-hydrogen) atoms. The molecule has 3 nitrogen and oxygen atoms in total. The Labute approximate surface area is 129 Å². The third-order valence-corrected chi connectivity index (χ3v) is 5.78. The molecule has 0 spiro atoms. The molecule has 1 aromatic heterocycles. The van der Waals surface area contributed by atoms with E-state index < -0.39 is 0 Å². The second-order valence-electron chi connectivity index (χ2n) is 5.87. The number of rotatable bonds is 3. The van der Waals surface area contributed by atoms with Crippen molar-refractivity contribution in [3.05, 3.63) is 29.1 Å². The highest BCUT2D eigenvalue weighted by Crippen LogP contribution is 2.34. The van der Waals surface area contributed by atoms with Crippen LogP contribution in [0.2, 0.25) is 0 Å². The number of hydrogen-bond acceptors (Lipinski definition) is 3. The third kappa shape index (κ3) is 2.77. The zero-order valence-corrected chi connectivity index (χ0v) is 13.2. The molecular formula is C17H22N2OS. The Kier molecular flexibility index (Phi) is 4.15. The lowest BCUT2D eigenvalue weighted by Crippen LogP contribution is -2.41. The molecule has 3 rings (SSSR count). The summed E-state index contributed by atoms with van der Waals surface area (Å²) in [6, 6.07) is 8.24. The summed E-state index contributed by atoms with van der Waals surface area (Å²) in [6.45, 7) is 2.21. The van der Waals surface area contributed by atoms with Gasteiger partial charge in [0, 0.05) is 16.1 Å². The van der Waals surface area contributed by atoms with Crippen molar-refractivity contribution in [3.63, 3.8) is 0 Å². The molecule has 0 radical (unpaired) electrons. The number of hydrogen-bond donors (Lipinski definition) is 2. The van der Waals surface area contributed by atoms with Crippen molar-refractivity contribution < 1.29 is 4.79 Å². The van der Waals surface area contributed by atoms with E-state index in [9.17, 15) is 4.79 Å². The zero-order chi connectivity index (χ0) is 14.8. The van der Waals surface area contributed by atoms with E-state index in [4.69, 9.17) is 5.73 Å². The number of nitrogens with one attached hydrogen (secondary N) is 1. The summed E-state index contributed by atoms with van der Waals surface area (Å²) in [7, 11) is 0. The van der Waals surface area contributed by atoms with Gasteiger partial charge in [-0.2, -0.15) is 0 Å². The summed E-state index contributed by atoms with van der Waals surface area (Å²) in [5.74, 6) is 0.609. The number of benzene rings is 1. The van der Waals surface area contributed by atoms with Crippen molar-refractivity contribution in [1.29, 1.82) is 0 Å². The average Bonchev–Trinajstić information content (AvgIpc) is 2.85. The minimum absolute atomic E-state index is 0.000880. The lowest BCUT2D eigenvalue weighted by atomic mass is 9.83. The lowest BCUT2D eigenvalue weighted by Gasteiger charge is -2.31. The molecule has 1 aromatic carbocycles. The fraction of sp³-hybridized carbons (Fsp3) is 0.471. The van der Waals surface area contributed by atoms with Crippen LogP contribution in [0, 0.1) is 5.92 Å². The molecule has 3 N–H and O–H groups in total. The van der Waals surface area contributed by atoms with Crippen LogP contribution >= 0.6 is 11.3 Å². The van der Waals surface area contributed by atoms with Crippen molar-refractivity contribution in [2.24, 2.45) is 5.92 Å². The fourth-order valence-electron chi connectivity index (χ4n) is 3.35. The van der Waals surface area contributed by atoms with E-state index in [0.717, 1.165) is 22.9 Å². The molecule has 1 saturated carbocycles. The Balaban J connectivity index is 1.82. The van der Waals surface area contributed by atoms with Gasteiger partial charge in [-0.1, -0.05) is 44.4 Å². The van der Waals surface area contributed by atoms with E-state index >= 15 is 0 Å². The van der Waals surface area contributed by atoms with Crippen molar-refractivity contribution >= 4 is 33.0 Å². The normalized spacial score (nSPS) is 22.3. The van der Waals surface area contributed by atoms with Crippen LogP contribution in [0.3, 0.4) is 0 Å². The molecule has 112 valence electrons. The summed E-state index contributed by atoms with van der Waals surface area (Å²) < 4.78 is 1.08. The number of fused-ring (bicyclic) bond motifs is 1. The van der Waals surface area contributed by atoms with Gasteiger partial charge in [-0.15, -0.1) is 11.3 Å². The van der Waals surface area contributed by atoms with Gasteiger partial charge in [0.25, 0.3) is 5.91 Å². The second-order valence-corrected chi connectivity index (χ2v) is 6.93. The molecule has 4 heteroatoms. The van der Waals surface area contributed by atoms with Gasteiger partial charge in [-0.3, -0.25) is 4.79 Å². The molecule has 1 fully saturated rings. The smallest absolute Gasteiger partial charge is 0.263 e. The first-order valence-electron chi connectivity index (χ1n) is 7.78. The van der Waals surface area contributed by atoms with Gasteiger partial charge < -0.3 is 11.1 Å². The van der Waals surface area contributed by atoms with E-state index in [1.165, 1.54) is 30.6 Å². The standard InChI is InChI=1S/C17H22N2OS/c1-2-11-7-3-5-9-13(11)19-17(20)16-15(18)12-8-4-6-10-14(12)21-16/h4,6,8,10-11,13H,2-3,5,7,9,18H2,1H3,(H,19,20). The van der Waals surface area contributed by atoms with E-state index in [0.29, 0.717) is 22.5 Å². The minimum atomic E-state index is -0.000880. The van der Waals surface area contributed by atoms with Crippen molar-refractivity contribution in [2.75, 3.05) is 5.73 Å². The van der Waals surface area contributed by atoms with Crippen LogP contribution in [0.1, 0.15) is 48.7 Å². The van der Waals surface area contributed by atoms with Crippen LogP contribution in [0.4, 0.5) is 5.69 Å². The van der Waals surface area contributed by atoms with Gasteiger partial charge in [0.2, 0.25) is 0 Å². The molecule has 0 bridgehead atoms. The maximum absolute atomic E-state index is 12.6. The van der Waals surface area contributed by atoms with Gasteiger partial charge in [-0.05, 0) is 24.8 Å². The molecule has 1 aliphatic rings. The molecule has 2 unspecified atom stereocenters. The fourth-order valence-corrected chi connectivity index (χ4v) is 4.38. The molecule has 0 aliphatic heterocycles. The highest BCUT2D eigenvalue weighted by molar-refractivity contribution is 7.21. The summed E-state index contributed by atoms with van der Waals surface area (Å²) in [5, 5.41) is 4.22. The highest BCUT2D eigenvalue weighted by Gasteiger charge is 2.26. The predicted molar refractivity (Wildman–Crippen MR) is 89.7 cm³/mol. The first-order chi connectivity index (χ1) is 10.2. The molecule has 0 saturated heterocycles. The number of carbonyl (C=O) groups excluding carboxylic acids is 1. The molecule has 1 aliphatic carbocycles. The highest BCUT2D eigenvalue weighted by atomic mass is 32.1. The maximum atomic E-state index is 12.6. The molecule has 2 aromatic rings. The molecule has 1 amide bonds. The number of amides is 1. The van der Waals surface area contributed by atoms with Crippen LogP contribution in [0.25, 0.3) is 10.1 Å². The quantitative estimate of drug-likeness (QED) is 0.893. The number of thiophene rings is 1. The predicted octanol–water partition coefficient (Wildman–Crippen LogP) is 4.18. The Morgan fingerprint density at radius 3 is 2.86 bits per heavy atom. The first-order valence-corrected chi connectivity index (χ1v) is 8.60. The summed E-state index contributed by atoms with van der Waals surface area (Å²) in [5.41, 5.74) is 6.78. The van der Waals surface area contributed by atoms with Gasteiger partial charge in [0.15, 0.2) is 0 Å². The van der Waals surface area contributed by atoms with E-state index in [2.05, 4.69) is 12.2 Å². The van der Waals surface area contributed by atoms with E-state index in [1.54, 1.807) is 0 Å². The Morgan fingerprint density at radius 1 is 1.33 bits per heavy atom. The average molecular weight is 302 g/mol. The summed E-state index contributed by atoms with van der Waals surface area (Å²) in [4.78, 5) is 13.2. The van der Waals surface area contributed by atoms with Crippen LogP contribution < -0.4 is 11.1 Å². The SMILES string of the molecule is CCC1CCCCC1NC(=O)c1sc2ccccc2c1N. The van der Waals surface area contributed by atoms with Gasteiger partial charge in [0.05, 0.1) is 5.69 Å².